The number of esters is 1. The number of phenolic OH excluding ortho intramolecular Hbond substituents is 1. The minimum atomic E-state index is -0.380. The van der Waals surface area contributed by atoms with Gasteiger partial charge in [0.1, 0.15) is 11.6 Å². The molecule has 0 unspecified atom stereocenters. The average molecular weight is 244 g/mol. The first-order valence-corrected chi connectivity index (χ1v) is 5.99. The number of halogens is 1. The van der Waals surface area contributed by atoms with E-state index >= 15 is 0 Å². The molecule has 0 saturated heterocycles. The van der Waals surface area contributed by atoms with E-state index in [0.29, 0.717) is 17.9 Å². The van der Waals surface area contributed by atoms with Gasteiger partial charge >= 0.3 is 5.97 Å². The number of benzene rings is 1. The maximum Gasteiger partial charge on any atom is 0.315 e. The van der Waals surface area contributed by atoms with Crippen molar-refractivity contribution in [1.29, 1.82) is 0 Å². The average Bonchev–Trinajstić information content (AvgIpc) is 2.23. The molecule has 0 heterocycles. The van der Waals surface area contributed by atoms with Crippen LogP contribution in [0.4, 0.5) is 4.39 Å². The van der Waals surface area contributed by atoms with Crippen molar-refractivity contribution in [2.24, 2.45) is 0 Å². The molecule has 0 fully saturated rings. The number of hydrogen-bond acceptors (Lipinski definition) is 4. The molecule has 0 saturated carbocycles. The molecule has 0 aromatic heterocycles. The second kappa shape index (κ2) is 6.37. The fourth-order valence-corrected chi connectivity index (χ4v) is 1.91. The Morgan fingerprint density at radius 3 is 3.00 bits per heavy atom. The standard InChI is InChI=1S/C11H13FO3S/c1-2-15-11(14)7-16-6-8-5-9(13)3-4-10(8)12/h3-5,13H,2,6-7H2,1H3. The highest BCUT2D eigenvalue weighted by molar-refractivity contribution is 7.99. The van der Waals surface area contributed by atoms with Crippen molar-refractivity contribution in [2.75, 3.05) is 12.4 Å². The van der Waals surface area contributed by atoms with Crippen LogP contribution in [0.15, 0.2) is 18.2 Å². The molecule has 0 atom stereocenters. The molecule has 0 spiro atoms. The van der Waals surface area contributed by atoms with E-state index in [1.165, 1.54) is 30.0 Å². The van der Waals surface area contributed by atoms with E-state index < -0.39 is 0 Å². The van der Waals surface area contributed by atoms with Gasteiger partial charge in [0.05, 0.1) is 12.4 Å². The summed E-state index contributed by atoms with van der Waals surface area (Å²) in [5.74, 6) is -0.155. The first kappa shape index (κ1) is 12.8. The third-order valence-corrected chi connectivity index (χ3v) is 2.77. The summed E-state index contributed by atoms with van der Waals surface area (Å²) in [4.78, 5) is 11.0. The molecule has 0 aliphatic heterocycles. The quantitative estimate of drug-likeness (QED) is 0.807. The van der Waals surface area contributed by atoms with Gasteiger partial charge < -0.3 is 9.84 Å². The van der Waals surface area contributed by atoms with Gasteiger partial charge in [-0.1, -0.05) is 0 Å². The van der Waals surface area contributed by atoms with E-state index in [1.54, 1.807) is 6.92 Å². The molecule has 0 radical (unpaired) electrons. The van der Waals surface area contributed by atoms with Gasteiger partial charge in [-0.3, -0.25) is 4.79 Å². The number of thioether (sulfide) groups is 1. The van der Waals surface area contributed by atoms with Gasteiger partial charge in [0.2, 0.25) is 0 Å². The maximum atomic E-state index is 13.2. The number of phenols is 1. The van der Waals surface area contributed by atoms with Crippen molar-refractivity contribution >= 4 is 17.7 Å². The largest absolute Gasteiger partial charge is 0.508 e. The molecule has 5 heteroatoms. The Morgan fingerprint density at radius 1 is 1.56 bits per heavy atom. The van der Waals surface area contributed by atoms with Crippen LogP contribution in [-0.4, -0.2) is 23.4 Å². The third kappa shape index (κ3) is 4.10. The van der Waals surface area contributed by atoms with Crippen LogP contribution in [0.25, 0.3) is 0 Å². The fourth-order valence-electron chi connectivity index (χ4n) is 1.12. The Balaban J connectivity index is 2.42. The first-order chi connectivity index (χ1) is 7.63. The van der Waals surface area contributed by atoms with E-state index in [-0.39, 0.29) is 23.3 Å². The lowest BCUT2D eigenvalue weighted by molar-refractivity contribution is -0.139. The third-order valence-electron chi connectivity index (χ3n) is 1.81. The molecule has 1 aromatic carbocycles. The molecule has 0 bridgehead atoms. The van der Waals surface area contributed by atoms with Crippen molar-refractivity contribution in [3.63, 3.8) is 0 Å². The number of hydrogen-bond donors (Lipinski definition) is 1. The summed E-state index contributed by atoms with van der Waals surface area (Å²) < 4.78 is 17.9. The van der Waals surface area contributed by atoms with Gasteiger partial charge in [0.25, 0.3) is 0 Å². The lowest BCUT2D eigenvalue weighted by atomic mass is 10.2. The molecule has 1 rings (SSSR count). The van der Waals surface area contributed by atoms with Gasteiger partial charge in [-0.15, -0.1) is 11.8 Å². The first-order valence-electron chi connectivity index (χ1n) is 4.84. The zero-order valence-corrected chi connectivity index (χ0v) is 9.72. The molecule has 0 aliphatic carbocycles. The number of carbonyl (C=O) groups excluding carboxylic acids is 1. The predicted molar refractivity (Wildman–Crippen MR) is 60.9 cm³/mol. The van der Waals surface area contributed by atoms with Gasteiger partial charge in [0, 0.05) is 11.3 Å². The molecule has 1 N–H and O–H groups in total. The molecular formula is C11H13FO3S. The topological polar surface area (TPSA) is 46.5 Å². The fraction of sp³-hybridized carbons (Fsp3) is 0.364. The Labute approximate surface area is 97.6 Å². The van der Waals surface area contributed by atoms with Crippen LogP contribution >= 0.6 is 11.8 Å². The van der Waals surface area contributed by atoms with Crippen LogP contribution in [0.1, 0.15) is 12.5 Å². The minimum absolute atomic E-state index is 0.0214. The summed E-state index contributed by atoms with van der Waals surface area (Å²) in [6.07, 6.45) is 0. The Morgan fingerprint density at radius 2 is 2.31 bits per heavy atom. The van der Waals surface area contributed by atoms with E-state index in [4.69, 9.17) is 9.84 Å². The summed E-state index contributed by atoms with van der Waals surface area (Å²) in [5.41, 5.74) is 0.384. The van der Waals surface area contributed by atoms with Crippen molar-refractivity contribution in [3.8, 4) is 5.75 Å². The highest BCUT2D eigenvalue weighted by Crippen LogP contribution is 2.20. The second-order valence-electron chi connectivity index (χ2n) is 3.07. The number of rotatable bonds is 5. The van der Waals surface area contributed by atoms with Gasteiger partial charge in [-0.05, 0) is 25.1 Å². The van der Waals surface area contributed by atoms with Crippen LogP contribution in [0, 0.1) is 5.82 Å². The number of aromatic hydroxyl groups is 1. The normalized spacial score (nSPS) is 10.1. The predicted octanol–water partition coefficient (Wildman–Crippen LogP) is 2.33. The Kier molecular flexibility index (Phi) is 5.11. The summed E-state index contributed by atoms with van der Waals surface area (Å²) >= 11 is 1.25. The summed E-state index contributed by atoms with van der Waals surface area (Å²) in [7, 11) is 0. The zero-order chi connectivity index (χ0) is 12.0. The summed E-state index contributed by atoms with van der Waals surface area (Å²) in [6, 6.07) is 3.85. The van der Waals surface area contributed by atoms with Crippen molar-refractivity contribution in [1.82, 2.24) is 0 Å². The molecule has 3 nitrogen and oxygen atoms in total. The maximum absolute atomic E-state index is 13.2. The van der Waals surface area contributed by atoms with Gasteiger partial charge in [-0.2, -0.15) is 0 Å². The van der Waals surface area contributed by atoms with Gasteiger partial charge in [0.15, 0.2) is 0 Å². The van der Waals surface area contributed by atoms with Crippen molar-refractivity contribution in [2.45, 2.75) is 12.7 Å². The monoisotopic (exact) mass is 244 g/mol. The lowest BCUT2D eigenvalue weighted by Gasteiger charge is -2.04. The zero-order valence-electron chi connectivity index (χ0n) is 8.90. The van der Waals surface area contributed by atoms with E-state index in [9.17, 15) is 9.18 Å². The summed E-state index contributed by atoms with van der Waals surface area (Å²) in [5, 5.41) is 9.16. The minimum Gasteiger partial charge on any atom is -0.508 e. The molecule has 16 heavy (non-hydrogen) atoms. The molecular weight excluding hydrogens is 231 g/mol. The van der Waals surface area contributed by atoms with Crippen LogP contribution in [0.5, 0.6) is 5.75 Å². The van der Waals surface area contributed by atoms with E-state index in [0.717, 1.165) is 0 Å². The Bertz CT molecular complexity index is 368. The molecule has 88 valence electrons. The number of ether oxygens (including phenoxy) is 1. The van der Waals surface area contributed by atoms with Gasteiger partial charge in [-0.25, -0.2) is 4.39 Å². The second-order valence-corrected chi connectivity index (χ2v) is 4.06. The van der Waals surface area contributed by atoms with Crippen LogP contribution in [-0.2, 0) is 15.3 Å². The van der Waals surface area contributed by atoms with Crippen molar-refractivity contribution in [3.05, 3.63) is 29.6 Å². The lowest BCUT2D eigenvalue weighted by Crippen LogP contribution is -2.06. The molecule has 0 amide bonds. The summed E-state index contributed by atoms with van der Waals surface area (Å²) in [6.45, 7) is 2.08. The molecule has 0 aliphatic rings. The van der Waals surface area contributed by atoms with Crippen LogP contribution < -0.4 is 0 Å². The van der Waals surface area contributed by atoms with Crippen molar-refractivity contribution < 1.29 is 19.0 Å². The van der Waals surface area contributed by atoms with Crippen LogP contribution in [0.2, 0.25) is 0 Å². The molecule has 1 aromatic rings. The highest BCUT2D eigenvalue weighted by Gasteiger charge is 2.06. The smallest absolute Gasteiger partial charge is 0.315 e. The highest BCUT2D eigenvalue weighted by atomic mass is 32.2. The number of carbonyl (C=O) groups is 1. The van der Waals surface area contributed by atoms with Crippen LogP contribution in [0.3, 0.4) is 0 Å². The SMILES string of the molecule is CCOC(=O)CSCc1cc(O)ccc1F. The Hall–Kier alpha value is -1.23. The van der Waals surface area contributed by atoms with E-state index in [2.05, 4.69) is 0 Å². The van der Waals surface area contributed by atoms with E-state index in [1.807, 2.05) is 0 Å².